The molecule has 4 heteroatoms. The number of hydrogen-bond acceptors (Lipinski definition) is 3. The van der Waals surface area contributed by atoms with E-state index in [9.17, 15) is 4.79 Å². The zero-order valence-electron chi connectivity index (χ0n) is 15.5. The zero-order chi connectivity index (χ0) is 17.8. The zero-order valence-corrected chi connectivity index (χ0v) is 15.5. The van der Waals surface area contributed by atoms with Crippen molar-refractivity contribution in [3.05, 3.63) is 42.5 Å². The molecule has 0 radical (unpaired) electrons. The maximum Gasteiger partial charge on any atom is 0.238 e. The molecule has 2 aromatic rings. The minimum Gasteiger partial charge on any atom is -0.324 e. The lowest BCUT2D eigenvalue weighted by atomic mass is 10.0. The van der Waals surface area contributed by atoms with Crippen molar-refractivity contribution in [2.24, 2.45) is 0 Å². The van der Waals surface area contributed by atoms with Crippen LogP contribution in [-0.2, 0) is 4.79 Å². The monoisotopic (exact) mass is 339 g/mol. The number of nitrogens with one attached hydrogen (secondary N) is 1. The summed E-state index contributed by atoms with van der Waals surface area (Å²) in [6.07, 6.45) is 2.27. The first-order chi connectivity index (χ1) is 12.0. The molecule has 1 amide bonds. The normalized spacial score (nSPS) is 16.7. The van der Waals surface area contributed by atoms with Crippen LogP contribution < -0.4 is 5.32 Å². The Bertz CT molecular complexity index is 715. The molecule has 2 aromatic carbocycles. The fourth-order valence-corrected chi connectivity index (χ4v) is 3.72. The summed E-state index contributed by atoms with van der Waals surface area (Å²) < 4.78 is 0. The molecule has 1 fully saturated rings. The van der Waals surface area contributed by atoms with Gasteiger partial charge in [-0.1, -0.05) is 36.4 Å². The number of likely N-dealkylation sites (tertiary alicyclic amines) is 1. The van der Waals surface area contributed by atoms with Crippen molar-refractivity contribution in [1.82, 2.24) is 9.80 Å². The number of benzene rings is 2. The van der Waals surface area contributed by atoms with Gasteiger partial charge < -0.3 is 10.2 Å². The van der Waals surface area contributed by atoms with Gasteiger partial charge in [0, 0.05) is 23.2 Å². The van der Waals surface area contributed by atoms with Crippen molar-refractivity contribution < 1.29 is 4.79 Å². The van der Waals surface area contributed by atoms with Crippen molar-refractivity contribution in [2.75, 3.05) is 32.0 Å². The molecule has 1 aliphatic rings. The van der Waals surface area contributed by atoms with Crippen LogP contribution in [0.1, 0.15) is 26.7 Å². The quantitative estimate of drug-likeness (QED) is 0.904. The van der Waals surface area contributed by atoms with Gasteiger partial charge >= 0.3 is 0 Å². The topological polar surface area (TPSA) is 35.6 Å². The number of nitrogens with zero attached hydrogens (tertiary/aromatic N) is 2. The molecule has 134 valence electrons. The number of carbonyl (C=O) groups excluding carboxylic acids is 1. The van der Waals surface area contributed by atoms with Crippen molar-refractivity contribution in [3.63, 3.8) is 0 Å². The predicted molar refractivity (Wildman–Crippen MR) is 105 cm³/mol. The Kier molecular flexibility index (Phi) is 5.71. The van der Waals surface area contributed by atoms with Crippen LogP contribution in [0, 0.1) is 0 Å². The van der Waals surface area contributed by atoms with Gasteiger partial charge in [0.15, 0.2) is 0 Å². The van der Waals surface area contributed by atoms with Crippen molar-refractivity contribution in [2.45, 2.75) is 38.8 Å². The second-order valence-corrected chi connectivity index (χ2v) is 7.35. The van der Waals surface area contributed by atoms with Crippen LogP contribution >= 0.6 is 0 Å². The summed E-state index contributed by atoms with van der Waals surface area (Å²) >= 11 is 0. The Morgan fingerprint density at radius 2 is 1.84 bits per heavy atom. The summed E-state index contributed by atoms with van der Waals surface area (Å²) in [6.45, 7) is 7.19. The summed E-state index contributed by atoms with van der Waals surface area (Å²) in [4.78, 5) is 17.2. The van der Waals surface area contributed by atoms with Crippen LogP contribution in [0.2, 0.25) is 0 Å². The van der Waals surface area contributed by atoms with E-state index in [2.05, 4.69) is 54.2 Å². The summed E-state index contributed by atoms with van der Waals surface area (Å²) in [5, 5.41) is 5.33. The molecule has 1 heterocycles. The fraction of sp³-hybridized carbons (Fsp3) is 0.476. The molecule has 25 heavy (non-hydrogen) atoms. The van der Waals surface area contributed by atoms with Crippen molar-refractivity contribution in [1.29, 1.82) is 0 Å². The minimum absolute atomic E-state index is 0.0603. The standard InChI is InChI=1S/C21H29N3O/c1-16(2)24-13-11-18(12-14-24)23(3)15-21(25)22-20-10-6-8-17-7-4-5-9-19(17)20/h4-10,16,18H,11-15H2,1-3H3,(H,22,25). The Morgan fingerprint density at radius 1 is 1.16 bits per heavy atom. The third kappa shape index (κ3) is 4.39. The molecule has 1 saturated heterocycles. The van der Waals surface area contributed by atoms with Gasteiger partial charge in [-0.25, -0.2) is 0 Å². The maximum absolute atomic E-state index is 12.5. The minimum atomic E-state index is 0.0603. The Balaban J connectivity index is 1.57. The van der Waals surface area contributed by atoms with Crippen LogP contribution in [0.15, 0.2) is 42.5 Å². The first-order valence-electron chi connectivity index (χ1n) is 9.26. The molecule has 0 spiro atoms. The van der Waals surface area contributed by atoms with E-state index in [0.717, 1.165) is 42.4 Å². The highest BCUT2D eigenvalue weighted by Crippen LogP contribution is 2.23. The van der Waals surface area contributed by atoms with E-state index < -0.39 is 0 Å². The first-order valence-corrected chi connectivity index (χ1v) is 9.26. The van der Waals surface area contributed by atoms with Crippen LogP contribution in [0.3, 0.4) is 0 Å². The number of piperidine rings is 1. The molecule has 0 unspecified atom stereocenters. The molecule has 0 aromatic heterocycles. The highest BCUT2D eigenvalue weighted by atomic mass is 16.2. The molecule has 1 aliphatic heterocycles. The van der Waals surface area contributed by atoms with E-state index in [-0.39, 0.29) is 5.91 Å². The Labute approximate surface area is 150 Å². The van der Waals surface area contributed by atoms with E-state index in [1.54, 1.807) is 0 Å². The third-order valence-corrected chi connectivity index (χ3v) is 5.31. The SMILES string of the molecule is CC(C)N1CCC(N(C)CC(=O)Nc2cccc3ccccc23)CC1. The molecule has 1 N–H and O–H groups in total. The van der Waals surface area contributed by atoms with Crippen LogP contribution in [0.25, 0.3) is 10.8 Å². The molecule has 3 rings (SSSR count). The molecule has 0 saturated carbocycles. The van der Waals surface area contributed by atoms with E-state index in [0.29, 0.717) is 18.6 Å². The number of carbonyl (C=O) groups is 1. The van der Waals surface area contributed by atoms with Gasteiger partial charge in [-0.2, -0.15) is 0 Å². The summed E-state index contributed by atoms with van der Waals surface area (Å²) in [5.74, 6) is 0.0603. The summed E-state index contributed by atoms with van der Waals surface area (Å²) in [7, 11) is 2.07. The van der Waals surface area contributed by atoms with Gasteiger partial charge in [0.25, 0.3) is 0 Å². The van der Waals surface area contributed by atoms with Crippen LogP contribution in [-0.4, -0.2) is 54.5 Å². The Hall–Kier alpha value is -1.91. The lowest BCUT2D eigenvalue weighted by molar-refractivity contribution is -0.117. The number of amides is 1. The molecule has 0 aliphatic carbocycles. The van der Waals surface area contributed by atoms with Crippen molar-refractivity contribution in [3.8, 4) is 0 Å². The van der Waals surface area contributed by atoms with E-state index in [1.807, 2.05) is 24.3 Å². The van der Waals surface area contributed by atoms with Gasteiger partial charge in [0.1, 0.15) is 0 Å². The third-order valence-electron chi connectivity index (χ3n) is 5.31. The number of fused-ring (bicyclic) bond motifs is 1. The van der Waals surface area contributed by atoms with Gasteiger partial charge in [-0.05, 0) is 58.3 Å². The Morgan fingerprint density at radius 3 is 2.56 bits per heavy atom. The number of anilines is 1. The van der Waals surface area contributed by atoms with Crippen LogP contribution in [0.4, 0.5) is 5.69 Å². The van der Waals surface area contributed by atoms with E-state index in [1.165, 1.54) is 0 Å². The second kappa shape index (κ2) is 7.98. The maximum atomic E-state index is 12.5. The average Bonchev–Trinajstić information content (AvgIpc) is 2.62. The summed E-state index contributed by atoms with van der Waals surface area (Å²) in [6, 6.07) is 15.3. The summed E-state index contributed by atoms with van der Waals surface area (Å²) in [5.41, 5.74) is 0.895. The number of hydrogen-bond donors (Lipinski definition) is 1. The molecule has 0 atom stereocenters. The number of rotatable bonds is 5. The van der Waals surface area contributed by atoms with E-state index >= 15 is 0 Å². The highest BCUT2D eigenvalue weighted by Gasteiger charge is 2.24. The van der Waals surface area contributed by atoms with Crippen molar-refractivity contribution >= 4 is 22.4 Å². The first kappa shape index (κ1) is 17.9. The smallest absolute Gasteiger partial charge is 0.238 e. The fourth-order valence-electron chi connectivity index (χ4n) is 3.72. The lowest BCUT2D eigenvalue weighted by Crippen LogP contribution is -2.47. The van der Waals surface area contributed by atoms with Gasteiger partial charge in [-0.15, -0.1) is 0 Å². The van der Waals surface area contributed by atoms with Gasteiger partial charge in [0.2, 0.25) is 5.91 Å². The number of likely N-dealkylation sites (N-methyl/N-ethyl adjacent to an activating group) is 1. The van der Waals surface area contributed by atoms with Gasteiger partial charge in [-0.3, -0.25) is 9.69 Å². The molecule has 0 bridgehead atoms. The largest absolute Gasteiger partial charge is 0.324 e. The second-order valence-electron chi connectivity index (χ2n) is 7.35. The predicted octanol–water partition coefficient (Wildman–Crippen LogP) is 3.58. The van der Waals surface area contributed by atoms with Gasteiger partial charge in [0.05, 0.1) is 6.54 Å². The lowest BCUT2D eigenvalue weighted by Gasteiger charge is -2.38. The molecule has 4 nitrogen and oxygen atoms in total. The molecular weight excluding hydrogens is 310 g/mol. The molecular formula is C21H29N3O. The van der Waals surface area contributed by atoms with Crippen LogP contribution in [0.5, 0.6) is 0 Å². The van der Waals surface area contributed by atoms with E-state index in [4.69, 9.17) is 0 Å². The highest BCUT2D eigenvalue weighted by molar-refractivity contribution is 6.02. The average molecular weight is 339 g/mol.